The van der Waals surface area contributed by atoms with Crippen LogP contribution in [0.1, 0.15) is 32.6 Å². The number of amides is 1. The van der Waals surface area contributed by atoms with Crippen LogP contribution in [0.25, 0.3) is 0 Å². The summed E-state index contributed by atoms with van der Waals surface area (Å²) in [6.07, 6.45) is 2.09. The molecule has 0 fully saturated rings. The SMILES string of the molecule is CCC[C@@H](N)C(=O)N(C)CCCC(=O)O. The van der Waals surface area contributed by atoms with Crippen LogP contribution in [-0.2, 0) is 9.59 Å². The lowest BCUT2D eigenvalue weighted by atomic mass is 10.1. The number of likely N-dealkylation sites (N-methyl/N-ethyl adjacent to an activating group) is 1. The molecule has 0 heterocycles. The number of hydrogen-bond donors (Lipinski definition) is 2. The molecule has 3 N–H and O–H groups in total. The zero-order valence-electron chi connectivity index (χ0n) is 9.40. The molecular weight excluding hydrogens is 196 g/mol. The maximum atomic E-state index is 11.6. The minimum atomic E-state index is -0.839. The molecule has 0 saturated heterocycles. The zero-order valence-corrected chi connectivity index (χ0v) is 9.40. The summed E-state index contributed by atoms with van der Waals surface area (Å²) in [5, 5.41) is 8.43. The first-order valence-corrected chi connectivity index (χ1v) is 5.21. The maximum absolute atomic E-state index is 11.6. The van der Waals surface area contributed by atoms with Gasteiger partial charge in [0.2, 0.25) is 5.91 Å². The molecule has 1 amide bonds. The lowest BCUT2D eigenvalue weighted by Crippen LogP contribution is -2.42. The molecule has 0 radical (unpaired) electrons. The Morgan fingerprint density at radius 3 is 2.53 bits per heavy atom. The third kappa shape index (κ3) is 6.06. The highest BCUT2D eigenvalue weighted by Gasteiger charge is 2.16. The number of nitrogens with zero attached hydrogens (tertiary/aromatic N) is 1. The Labute approximate surface area is 90.2 Å². The van der Waals surface area contributed by atoms with Gasteiger partial charge in [-0.2, -0.15) is 0 Å². The van der Waals surface area contributed by atoms with Crippen molar-refractivity contribution in [2.24, 2.45) is 5.73 Å². The first-order chi connectivity index (χ1) is 6.99. The number of rotatable bonds is 7. The van der Waals surface area contributed by atoms with Crippen molar-refractivity contribution in [3.05, 3.63) is 0 Å². The van der Waals surface area contributed by atoms with E-state index in [1.54, 1.807) is 7.05 Å². The molecular formula is C10H20N2O3. The van der Waals surface area contributed by atoms with E-state index < -0.39 is 12.0 Å². The Balaban J connectivity index is 3.82. The van der Waals surface area contributed by atoms with Gasteiger partial charge in [-0.05, 0) is 12.8 Å². The van der Waals surface area contributed by atoms with Crippen LogP contribution in [0.2, 0.25) is 0 Å². The summed E-state index contributed by atoms with van der Waals surface area (Å²) >= 11 is 0. The predicted molar refractivity (Wildman–Crippen MR) is 57.4 cm³/mol. The van der Waals surface area contributed by atoms with Gasteiger partial charge in [0.05, 0.1) is 6.04 Å². The van der Waals surface area contributed by atoms with Gasteiger partial charge in [-0.1, -0.05) is 13.3 Å². The molecule has 0 saturated carbocycles. The topological polar surface area (TPSA) is 83.6 Å². The lowest BCUT2D eigenvalue weighted by Gasteiger charge is -2.20. The van der Waals surface area contributed by atoms with E-state index >= 15 is 0 Å². The first kappa shape index (κ1) is 13.9. The molecule has 5 heteroatoms. The van der Waals surface area contributed by atoms with Crippen molar-refractivity contribution in [3.8, 4) is 0 Å². The quantitative estimate of drug-likeness (QED) is 0.646. The smallest absolute Gasteiger partial charge is 0.303 e. The van der Waals surface area contributed by atoms with Crippen molar-refractivity contribution in [2.75, 3.05) is 13.6 Å². The van der Waals surface area contributed by atoms with E-state index in [0.29, 0.717) is 19.4 Å². The fourth-order valence-corrected chi connectivity index (χ4v) is 1.30. The predicted octanol–water partition coefficient (Wildman–Crippen LogP) is 0.437. The molecule has 0 aliphatic carbocycles. The van der Waals surface area contributed by atoms with Crippen LogP contribution in [0, 0.1) is 0 Å². The largest absolute Gasteiger partial charge is 0.481 e. The van der Waals surface area contributed by atoms with E-state index in [0.717, 1.165) is 6.42 Å². The molecule has 0 aromatic heterocycles. The summed E-state index contributed by atoms with van der Waals surface area (Å²) in [7, 11) is 1.65. The molecule has 0 spiro atoms. The van der Waals surface area contributed by atoms with Gasteiger partial charge in [0.25, 0.3) is 0 Å². The monoisotopic (exact) mass is 216 g/mol. The third-order valence-electron chi connectivity index (χ3n) is 2.18. The van der Waals surface area contributed by atoms with Crippen molar-refractivity contribution < 1.29 is 14.7 Å². The minimum Gasteiger partial charge on any atom is -0.481 e. The van der Waals surface area contributed by atoms with Crippen molar-refractivity contribution in [1.82, 2.24) is 4.90 Å². The molecule has 1 atom stereocenters. The third-order valence-corrected chi connectivity index (χ3v) is 2.18. The molecule has 0 aliphatic heterocycles. The molecule has 5 nitrogen and oxygen atoms in total. The van der Waals surface area contributed by atoms with E-state index in [4.69, 9.17) is 10.8 Å². The fourth-order valence-electron chi connectivity index (χ4n) is 1.30. The summed E-state index contributed by atoms with van der Waals surface area (Å²) in [4.78, 5) is 23.3. The summed E-state index contributed by atoms with van der Waals surface area (Å²) in [5.41, 5.74) is 5.65. The van der Waals surface area contributed by atoms with Gasteiger partial charge in [0.1, 0.15) is 0 Å². The Hall–Kier alpha value is -1.10. The van der Waals surface area contributed by atoms with E-state index in [1.165, 1.54) is 4.90 Å². The zero-order chi connectivity index (χ0) is 11.8. The van der Waals surface area contributed by atoms with Gasteiger partial charge in [-0.25, -0.2) is 0 Å². The van der Waals surface area contributed by atoms with Crippen molar-refractivity contribution in [1.29, 1.82) is 0 Å². The highest BCUT2D eigenvalue weighted by Crippen LogP contribution is 2.00. The number of carboxylic acids is 1. The second kappa shape index (κ2) is 7.23. The van der Waals surface area contributed by atoms with E-state index in [1.807, 2.05) is 6.92 Å². The highest BCUT2D eigenvalue weighted by molar-refractivity contribution is 5.81. The van der Waals surface area contributed by atoms with Gasteiger partial charge in [-0.3, -0.25) is 9.59 Å². The van der Waals surface area contributed by atoms with Crippen LogP contribution < -0.4 is 5.73 Å². The highest BCUT2D eigenvalue weighted by atomic mass is 16.4. The number of nitrogens with two attached hydrogens (primary N) is 1. The second-order valence-corrected chi connectivity index (χ2v) is 3.65. The Bertz CT molecular complexity index is 219. The Morgan fingerprint density at radius 2 is 2.07 bits per heavy atom. The second-order valence-electron chi connectivity index (χ2n) is 3.65. The summed E-state index contributed by atoms with van der Waals surface area (Å²) in [5.74, 6) is -0.948. The number of carboxylic acid groups (broad SMARTS) is 1. The summed E-state index contributed by atoms with van der Waals surface area (Å²) in [6, 6.07) is -0.454. The molecule has 0 aromatic carbocycles. The number of hydrogen-bond acceptors (Lipinski definition) is 3. The lowest BCUT2D eigenvalue weighted by molar-refractivity contribution is -0.138. The molecule has 0 aliphatic rings. The summed E-state index contributed by atoms with van der Waals surface area (Å²) < 4.78 is 0. The van der Waals surface area contributed by atoms with Crippen LogP contribution >= 0.6 is 0 Å². The standard InChI is InChI=1S/C10H20N2O3/c1-3-5-8(11)10(15)12(2)7-4-6-9(13)14/h8H,3-7,11H2,1-2H3,(H,13,14)/t8-/m1/s1. The van der Waals surface area contributed by atoms with E-state index in [2.05, 4.69) is 0 Å². The Morgan fingerprint density at radius 1 is 1.47 bits per heavy atom. The van der Waals surface area contributed by atoms with Crippen molar-refractivity contribution in [3.63, 3.8) is 0 Å². The van der Waals surface area contributed by atoms with Gasteiger partial charge in [-0.15, -0.1) is 0 Å². The van der Waals surface area contributed by atoms with Crippen LogP contribution in [0.3, 0.4) is 0 Å². The van der Waals surface area contributed by atoms with E-state index in [-0.39, 0.29) is 12.3 Å². The molecule has 15 heavy (non-hydrogen) atoms. The van der Waals surface area contributed by atoms with Gasteiger partial charge in [0, 0.05) is 20.0 Å². The molecule has 0 aromatic rings. The van der Waals surface area contributed by atoms with Crippen molar-refractivity contribution >= 4 is 11.9 Å². The molecule has 0 bridgehead atoms. The molecule has 88 valence electrons. The number of carbonyl (C=O) groups is 2. The maximum Gasteiger partial charge on any atom is 0.303 e. The average Bonchev–Trinajstić information content (AvgIpc) is 2.16. The van der Waals surface area contributed by atoms with Gasteiger partial charge >= 0.3 is 5.97 Å². The minimum absolute atomic E-state index is 0.0840. The van der Waals surface area contributed by atoms with Crippen LogP contribution in [0.5, 0.6) is 0 Å². The van der Waals surface area contributed by atoms with Crippen LogP contribution in [0.4, 0.5) is 0 Å². The van der Waals surface area contributed by atoms with Gasteiger partial charge in [0.15, 0.2) is 0 Å². The van der Waals surface area contributed by atoms with Gasteiger partial charge < -0.3 is 15.7 Å². The summed E-state index contributed by atoms with van der Waals surface area (Å²) in [6.45, 7) is 2.42. The van der Waals surface area contributed by atoms with Crippen LogP contribution in [0.15, 0.2) is 0 Å². The number of carbonyl (C=O) groups excluding carboxylic acids is 1. The molecule has 0 unspecified atom stereocenters. The molecule has 0 rings (SSSR count). The van der Waals surface area contributed by atoms with Crippen molar-refractivity contribution in [2.45, 2.75) is 38.6 Å². The average molecular weight is 216 g/mol. The van der Waals surface area contributed by atoms with E-state index in [9.17, 15) is 9.59 Å². The normalized spacial score (nSPS) is 12.2. The Kier molecular flexibility index (Phi) is 6.70. The first-order valence-electron chi connectivity index (χ1n) is 5.21. The number of aliphatic carboxylic acids is 1. The fraction of sp³-hybridized carbons (Fsp3) is 0.800. The van der Waals surface area contributed by atoms with Crippen LogP contribution in [-0.4, -0.2) is 41.5 Å².